The van der Waals surface area contributed by atoms with Crippen molar-refractivity contribution in [3.63, 3.8) is 0 Å². The first-order valence-electron chi connectivity index (χ1n) is 4.58. The summed E-state index contributed by atoms with van der Waals surface area (Å²) in [6.45, 7) is 0. The second-order valence-corrected chi connectivity index (χ2v) is 2.98. The highest BCUT2D eigenvalue weighted by Gasteiger charge is 2.19. The summed E-state index contributed by atoms with van der Waals surface area (Å²) < 4.78 is 4.70. The first-order chi connectivity index (χ1) is 6.79. The van der Waals surface area contributed by atoms with Crippen molar-refractivity contribution >= 4 is 5.97 Å². The average molecular weight is 193 g/mol. The first-order valence-corrected chi connectivity index (χ1v) is 4.58. The van der Waals surface area contributed by atoms with Crippen LogP contribution in [0, 0.1) is 0 Å². The highest BCUT2D eigenvalue weighted by Crippen LogP contribution is 2.10. The molecule has 0 fully saturated rings. The quantitative estimate of drug-likeness (QED) is 0.684. The molecule has 0 spiro atoms. The molecule has 0 aromatic rings. The molecule has 1 aliphatic carbocycles. The van der Waals surface area contributed by atoms with E-state index in [9.17, 15) is 4.79 Å². The summed E-state index contributed by atoms with van der Waals surface area (Å²) in [5, 5.41) is 2.92. The van der Waals surface area contributed by atoms with Gasteiger partial charge in [-0.3, -0.25) is 0 Å². The lowest BCUT2D eigenvalue weighted by Crippen LogP contribution is -2.36. The lowest BCUT2D eigenvalue weighted by Gasteiger charge is -2.14. The van der Waals surface area contributed by atoms with Gasteiger partial charge < -0.3 is 10.1 Å². The molecule has 14 heavy (non-hydrogen) atoms. The number of esters is 1. The van der Waals surface area contributed by atoms with E-state index in [1.165, 1.54) is 7.11 Å². The number of rotatable bonds is 3. The molecule has 1 aliphatic rings. The fourth-order valence-electron chi connectivity index (χ4n) is 1.33. The van der Waals surface area contributed by atoms with Gasteiger partial charge in [-0.25, -0.2) is 4.79 Å². The number of carbonyl (C=O) groups excluding carboxylic acids is 1. The van der Waals surface area contributed by atoms with E-state index < -0.39 is 0 Å². The SMILES string of the molecule is CNC(C(=O)OC)C1=CC=CCC=C1. The molecule has 0 saturated heterocycles. The Morgan fingerprint density at radius 2 is 2.36 bits per heavy atom. The largest absolute Gasteiger partial charge is 0.468 e. The van der Waals surface area contributed by atoms with Gasteiger partial charge in [0, 0.05) is 0 Å². The van der Waals surface area contributed by atoms with Gasteiger partial charge in [0.25, 0.3) is 0 Å². The highest BCUT2D eigenvalue weighted by molar-refractivity contribution is 5.80. The van der Waals surface area contributed by atoms with Crippen LogP contribution in [-0.4, -0.2) is 26.2 Å². The molecule has 0 saturated carbocycles. The van der Waals surface area contributed by atoms with Crippen molar-refractivity contribution in [1.29, 1.82) is 0 Å². The lowest BCUT2D eigenvalue weighted by molar-refractivity contribution is -0.141. The predicted molar refractivity (Wildman–Crippen MR) is 55.8 cm³/mol. The summed E-state index contributed by atoms with van der Waals surface area (Å²) >= 11 is 0. The Labute approximate surface area is 84.1 Å². The van der Waals surface area contributed by atoms with Crippen molar-refractivity contribution in [3.8, 4) is 0 Å². The third kappa shape index (κ3) is 2.57. The second-order valence-electron chi connectivity index (χ2n) is 2.98. The zero-order valence-corrected chi connectivity index (χ0v) is 8.49. The Morgan fingerprint density at radius 1 is 1.57 bits per heavy atom. The van der Waals surface area contributed by atoms with Crippen LogP contribution in [-0.2, 0) is 9.53 Å². The molecule has 3 nitrogen and oxygen atoms in total. The minimum Gasteiger partial charge on any atom is -0.468 e. The van der Waals surface area contributed by atoms with Gasteiger partial charge in [-0.2, -0.15) is 0 Å². The fourth-order valence-corrected chi connectivity index (χ4v) is 1.33. The summed E-state index contributed by atoms with van der Waals surface area (Å²) in [6, 6.07) is -0.376. The molecule has 1 N–H and O–H groups in total. The lowest BCUT2D eigenvalue weighted by atomic mass is 10.1. The van der Waals surface area contributed by atoms with Gasteiger partial charge in [0.1, 0.15) is 6.04 Å². The summed E-state index contributed by atoms with van der Waals surface area (Å²) in [6.07, 6.45) is 10.8. The third-order valence-electron chi connectivity index (χ3n) is 2.07. The Morgan fingerprint density at radius 3 is 3.00 bits per heavy atom. The second kappa shape index (κ2) is 5.40. The summed E-state index contributed by atoms with van der Waals surface area (Å²) in [5.74, 6) is -0.265. The number of hydrogen-bond acceptors (Lipinski definition) is 3. The standard InChI is InChI=1S/C11H15NO2/c1-12-10(11(13)14-2)9-7-5-3-4-6-8-9/h3,5-8,10,12H,4H2,1-2H3. The van der Waals surface area contributed by atoms with Crippen LogP contribution in [0.15, 0.2) is 36.0 Å². The summed E-state index contributed by atoms with van der Waals surface area (Å²) in [4.78, 5) is 11.4. The number of allylic oxidation sites excluding steroid dienone is 4. The molecule has 0 aromatic heterocycles. The van der Waals surface area contributed by atoms with Crippen molar-refractivity contribution in [2.45, 2.75) is 12.5 Å². The molecule has 0 aromatic carbocycles. The van der Waals surface area contributed by atoms with Crippen molar-refractivity contribution in [2.24, 2.45) is 0 Å². The van der Waals surface area contributed by atoms with Gasteiger partial charge >= 0.3 is 5.97 Å². The third-order valence-corrected chi connectivity index (χ3v) is 2.07. The number of hydrogen-bond donors (Lipinski definition) is 1. The van der Waals surface area contributed by atoms with E-state index in [-0.39, 0.29) is 12.0 Å². The van der Waals surface area contributed by atoms with Gasteiger partial charge in [0.2, 0.25) is 0 Å². The topological polar surface area (TPSA) is 38.3 Å². The van der Waals surface area contributed by atoms with E-state index in [0.29, 0.717) is 0 Å². The highest BCUT2D eigenvalue weighted by atomic mass is 16.5. The number of methoxy groups -OCH3 is 1. The molecule has 0 amide bonds. The molecule has 76 valence electrons. The van der Waals surface area contributed by atoms with Crippen LogP contribution < -0.4 is 5.32 Å². The van der Waals surface area contributed by atoms with Crippen LogP contribution in [0.4, 0.5) is 0 Å². The van der Waals surface area contributed by atoms with E-state index in [1.807, 2.05) is 30.4 Å². The predicted octanol–water partition coefficient (Wildman–Crippen LogP) is 1.19. The molecule has 1 atom stereocenters. The number of ether oxygens (including phenoxy) is 1. The van der Waals surface area contributed by atoms with Gasteiger partial charge in [0.15, 0.2) is 0 Å². The van der Waals surface area contributed by atoms with Crippen molar-refractivity contribution < 1.29 is 9.53 Å². The van der Waals surface area contributed by atoms with Crippen molar-refractivity contribution in [3.05, 3.63) is 36.0 Å². The van der Waals surface area contributed by atoms with Gasteiger partial charge in [-0.05, 0) is 19.0 Å². The molecular formula is C11H15NO2. The van der Waals surface area contributed by atoms with Crippen LogP contribution >= 0.6 is 0 Å². The van der Waals surface area contributed by atoms with Gasteiger partial charge in [-0.15, -0.1) is 0 Å². The van der Waals surface area contributed by atoms with Crippen molar-refractivity contribution in [1.82, 2.24) is 5.32 Å². The summed E-state index contributed by atoms with van der Waals surface area (Å²) in [5.41, 5.74) is 0.924. The molecule has 0 bridgehead atoms. The zero-order valence-electron chi connectivity index (χ0n) is 8.49. The van der Waals surface area contributed by atoms with E-state index in [0.717, 1.165) is 12.0 Å². The van der Waals surface area contributed by atoms with E-state index in [1.54, 1.807) is 7.05 Å². The fraction of sp³-hybridized carbons (Fsp3) is 0.364. The van der Waals surface area contributed by atoms with Crippen LogP contribution in [0.3, 0.4) is 0 Å². The van der Waals surface area contributed by atoms with Crippen LogP contribution in [0.1, 0.15) is 6.42 Å². The van der Waals surface area contributed by atoms with E-state index >= 15 is 0 Å². The molecule has 0 aliphatic heterocycles. The molecule has 0 radical (unpaired) electrons. The monoisotopic (exact) mass is 193 g/mol. The minimum absolute atomic E-state index is 0.265. The first kappa shape index (κ1) is 10.7. The average Bonchev–Trinajstić information content (AvgIpc) is 2.47. The normalized spacial score (nSPS) is 17.1. The van der Waals surface area contributed by atoms with Crippen LogP contribution in [0.5, 0.6) is 0 Å². The maximum absolute atomic E-state index is 11.4. The van der Waals surface area contributed by atoms with Crippen molar-refractivity contribution in [2.75, 3.05) is 14.2 Å². The van der Waals surface area contributed by atoms with Gasteiger partial charge in [0.05, 0.1) is 7.11 Å². The molecule has 1 unspecified atom stereocenters. The van der Waals surface area contributed by atoms with Gasteiger partial charge in [-0.1, -0.05) is 30.4 Å². The Hall–Kier alpha value is -1.35. The Bertz CT molecular complexity index is 290. The number of carbonyl (C=O) groups is 1. The maximum Gasteiger partial charge on any atom is 0.327 e. The van der Waals surface area contributed by atoms with Crippen LogP contribution in [0.2, 0.25) is 0 Å². The Balaban J connectivity index is 2.82. The van der Waals surface area contributed by atoms with E-state index in [4.69, 9.17) is 4.74 Å². The Kier molecular flexibility index (Phi) is 4.13. The minimum atomic E-state index is -0.376. The molecule has 0 heterocycles. The maximum atomic E-state index is 11.4. The summed E-state index contributed by atoms with van der Waals surface area (Å²) in [7, 11) is 3.13. The molecular weight excluding hydrogens is 178 g/mol. The molecule has 3 heteroatoms. The van der Waals surface area contributed by atoms with Crippen LogP contribution in [0.25, 0.3) is 0 Å². The number of nitrogens with one attached hydrogen (secondary N) is 1. The zero-order chi connectivity index (χ0) is 10.4. The molecule has 1 rings (SSSR count). The van der Waals surface area contributed by atoms with E-state index in [2.05, 4.69) is 5.32 Å². The smallest absolute Gasteiger partial charge is 0.327 e. The number of likely N-dealkylation sites (N-methyl/N-ethyl adjacent to an activating group) is 1.